The van der Waals surface area contributed by atoms with Crippen LogP contribution in [0.4, 0.5) is 8.78 Å². The van der Waals surface area contributed by atoms with Crippen molar-refractivity contribution < 1.29 is 8.78 Å². The molecule has 0 spiro atoms. The SMILES string of the molecule is C=P(C)(C)/C(C#N)=C/c1cc(-c2nc(C)n(C(F)F)c2Cl)c(C)cc1Cl. The van der Waals surface area contributed by atoms with Crippen LogP contribution >= 0.6 is 30.1 Å². The van der Waals surface area contributed by atoms with Gasteiger partial charge in [0.2, 0.25) is 0 Å². The molecule has 1 aromatic heterocycles. The maximum atomic E-state index is 13.2. The van der Waals surface area contributed by atoms with Gasteiger partial charge in [-0.15, -0.1) is 0 Å². The van der Waals surface area contributed by atoms with Crippen LogP contribution in [0.25, 0.3) is 17.3 Å². The Hall–Kier alpha value is -1.60. The summed E-state index contributed by atoms with van der Waals surface area (Å²) in [5, 5.41) is 10.3. The van der Waals surface area contributed by atoms with E-state index in [1.54, 1.807) is 25.1 Å². The molecule has 3 nitrogen and oxygen atoms in total. The van der Waals surface area contributed by atoms with Crippen molar-refractivity contribution in [2.75, 3.05) is 13.3 Å². The molecular formula is C18H18Cl2F2N3P. The number of benzene rings is 1. The molecule has 2 aromatic rings. The van der Waals surface area contributed by atoms with Gasteiger partial charge in [-0.3, -0.25) is 4.57 Å². The van der Waals surface area contributed by atoms with Gasteiger partial charge in [0.15, 0.2) is 0 Å². The van der Waals surface area contributed by atoms with Crippen LogP contribution in [0.1, 0.15) is 23.5 Å². The second kappa shape index (κ2) is 7.56. The highest BCUT2D eigenvalue weighted by molar-refractivity contribution is 7.76. The van der Waals surface area contributed by atoms with Gasteiger partial charge in [-0.25, -0.2) is 4.98 Å². The summed E-state index contributed by atoms with van der Waals surface area (Å²) in [7, 11) is 0. The number of hydrogen-bond acceptors (Lipinski definition) is 2. The van der Waals surface area contributed by atoms with Gasteiger partial charge in [0.05, 0.1) is 11.4 Å². The Kier molecular flexibility index (Phi) is 6.02. The monoisotopic (exact) mass is 415 g/mol. The van der Waals surface area contributed by atoms with Crippen molar-refractivity contribution in [3.63, 3.8) is 0 Å². The molecule has 1 aromatic carbocycles. The van der Waals surface area contributed by atoms with Gasteiger partial charge in [0.25, 0.3) is 0 Å². The van der Waals surface area contributed by atoms with Crippen molar-refractivity contribution in [2.45, 2.75) is 20.4 Å². The third-order valence-electron chi connectivity index (χ3n) is 3.88. The van der Waals surface area contributed by atoms with Crippen LogP contribution in [-0.4, -0.2) is 29.2 Å². The van der Waals surface area contributed by atoms with E-state index >= 15 is 0 Å². The van der Waals surface area contributed by atoms with Crippen molar-refractivity contribution in [1.29, 1.82) is 5.26 Å². The molecule has 0 amide bonds. The van der Waals surface area contributed by atoms with Crippen LogP contribution in [0.3, 0.4) is 0 Å². The van der Waals surface area contributed by atoms with Gasteiger partial charge in [-0.1, -0.05) is 36.4 Å². The van der Waals surface area contributed by atoms with E-state index in [0.717, 1.165) is 5.56 Å². The van der Waals surface area contributed by atoms with Gasteiger partial charge in [-0.2, -0.15) is 14.0 Å². The van der Waals surface area contributed by atoms with E-state index < -0.39 is 13.4 Å². The van der Waals surface area contributed by atoms with Gasteiger partial charge >= 0.3 is 6.55 Å². The molecule has 0 saturated carbocycles. The predicted molar refractivity (Wildman–Crippen MR) is 108 cm³/mol. The Labute approximate surface area is 161 Å². The summed E-state index contributed by atoms with van der Waals surface area (Å²) in [6, 6.07) is 5.60. The number of alkyl halides is 2. The number of halogens is 4. The summed E-state index contributed by atoms with van der Waals surface area (Å²) in [5.41, 5.74) is 2.19. The van der Waals surface area contributed by atoms with Crippen molar-refractivity contribution in [3.05, 3.63) is 44.6 Å². The first-order valence-electron chi connectivity index (χ1n) is 7.61. The summed E-state index contributed by atoms with van der Waals surface area (Å²) >= 11 is 12.5. The molecular weight excluding hydrogens is 398 g/mol. The molecule has 138 valence electrons. The Morgan fingerprint density at radius 1 is 1.35 bits per heavy atom. The number of rotatable bonds is 4. The number of allylic oxidation sites excluding steroid dienone is 1. The minimum atomic E-state index is -2.78. The molecule has 0 aliphatic heterocycles. The van der Waals surface area contributed by atoms with Crippen LogP contribution in [0, 0.1) is 25.2 Å². The zero-order chi connectivity index (χ0) is 19.8. The molecule has 0 fully saturated rings. The number of aromatic nitrogens is 2. The second-order valence-electron chi connectivity index (χ2n) is 6.46. The van der Waals surface area contributed by atoms with Crippen LogP contribution < -0.4 is 0 Å². The molecule has 0 radical (unpaired) electrons. The normalized spacial score (nSPS) is 12.5. The van der Waals surface area contributed by atoms with E-state index in [1.165, 1.54) is 6.92 Å². The van der Waals surface area contributed by atoms with E-state index in [-0.39, 0.29) is 16.7 Å². The van der Waals surface area contributed by atoms with E-state index in [1.807, 2.05) is 13.3 Å². The second-order valence-corrected chi connectivity index (χ2v) is 11.1. The first-order valence-corrected chi connectivity index (χ1v) is 11.2. The highest BCUT2D eigenvalue weighted by Gasteiger charge is 2.22. The Balaban J connectivity index is 2.71. The molecule has 0 aliphatic carbocycles. The zero-order valence-corrected chi connectivity index (χ0v) is 17.2. The highest BCUT2D eigenvalue weighted by atomic mass is 35.5. The standard InChI is InChI=1S/C18H18Cl2F2N3P/c1-10-6-15(19)12(7-13(9-23)26(3,4)5)8-14(10)16-17(20)25(18(21)22)11(2)24-16/h6-8,18H,3H2,1-2,4-5H3/b13-7+. The van der Waals surface area contributed by atoms with E-state index in [4.69, 9.17) is 23.2 Å². The van der Waals surface area contributed by atoms with E-state index in [9.17, 15) is 14.0 Å². The summed E-state index contributed by atoms with van der Waals surface area (Å²) in [6.45, 7) is 2.55. The van der Waals surface area contributed by atoms with Crippen molar-refractivity contribution in [3.8, 4) is 17.3 Å². The largest absolute Gasteiger partial charge is 0.321 e. The maximum Gasteiger partial charge on any atom is 0.321 e. The topological polar surface area (TPSA) is 41.6 Å². The van der Waals surface area contributed by atoms with Gasteiger partial charge < -0.3 is 0 Å². The average Bonchev–Trinajstić information content (AvgIpc) is 2.80. The lowest BCUT2D eigenvalue weighted by Crippen LogP contribution is -2.00. The fraction of sp³-hybridized carbons (Fsp3) is 0.278. The van der Waals surface area contributed by atoms with E-state index in [2.05, 4.69) is 17.4 Å². The molecule has 8 heteroatoms. The predicted octanol–water partition coefficient (Wildman–Crippen LogP) is 6.44. The molecule has 0 atom stereocenters. The van der Waals surface area contributed by atoms with Crippen LogP contribution in [0.2, 0.25) is 10.2 Å². The quantitative estimate of drug-likeness (QED) is 0.425. The molecule has 1 heterocycles. The van der Waals surface area contributed by atoms with Crippen LogP contribution in [0.5, 0.6) is 0 Å². The maximum absolute atomic E-state index is 13.2. The summed E-state index contributed by atoms with van der Waals surface area (Å²) in [4.78, 5) is 4.20. The number of nitrogens with zero attached hydrogens (tertiary/aromatic N) is 3. The Bertz CT molecular complexity index is 981. The number of aryl methyl sites for hydroxylation is 2. The smallest absolute Gasteiger partial charge is 0.260 e. The van der Waals surface area contributed by atoms with Crippen LogP contribution in [0.15, 0.2) is 17.4 Å². The molecule has 0 bridgehead atoms. The summed E-state index contributed by atoms with van der Waals surface area (Å²) < 4.78 is 27.0. The first-order chi connectivity index (χ1) is 12.0. The number of nitriles is 1. The summed E-state index contributed by atoms with van der Waals surface area (Å²) in [5.74, 6) is 0.119. The Morgan fingerprint density at radius 3 is 2.42 bits per heavy atom. The number of hydrogen-bond donors (Lipinski definition) is 0. The lowest BCUT2D eigenvalue weighted by atomic mass is 10.0. The molecule has 26 heavy (non-hydrogen) atoms. The van der Waals surface area contributed by atoms with Crippen LogP contribution in [-0.2, 0) is 0 Å². The molecule has 0 N–H and O–H groups in total. The fourth-order valence-corrected chi connectivity index (χ4v) is 3.83. The molecule has 0 aliphatic rings. The Morgan fingerprint density at radius 2 is 1.96 bits per heavy atom. The third-order valence-corrected chi connectivity index (χ3v) is 6.10. The van der Waals surface area contributed by atoms with Gasteiger partial charge in [0.1, 0.15) is 16.7 Å². The highest BCUT2D eigenvalue weighted by Crippen LogP contribution is 2.46. The molecule has 2 rings (SSSR count). The van der Waals surface area contributed by atoms with Crippen molar-refractivity contribution in [1.82, 2.24) is 9.55 Å². The van der Waals surface area contributed by atoms with Crippen molar-refractivity contribution >= 4 is 42.5 Å². The summed E-state index contributed by atoms with van der Waals surface area (Å²) in [6.07, 6.45) is 5.76. The average molecular weight is 416 g/mol. The minimum absolute atomic E-state index is 0.119. The van der Waals surface area contributed by atoms with Gasteiger partial charge in [-0.05, 0) is 56.5 Å². The molecule has 0 unspecified atom stereocenters. The fourth-order valence-electron chi connectivity index (χ4n) is 2.46. The third kappa shape index (κ3) is 4.04. The first kappa shape index (κ1) is 20.7. The minimum Gasteiger partial charge on any atom is -0.260 e. The van der Waals surface area contributed by atoms with Gasteiger partial charge in [0, 0.05) is 10.6 Å². The van der Waals surface area contributed by atoms with Crippen molar-refractivity contribution in [2.24, 2.45) is 0 Å². The zero-order valence-electron chi connectivity index (χ0n) is 14.8. The molecule has 0 saturated heterocycles. The lowest BCUT2D eigenvalue weighted by molar-refractivity contribution is 0.0683. The number of imidazole rings is 1. The lowest BCUT2D eigenvalue weighted by Gasteiger charge is -2.13. The van der Waals surface area contributed by atoms with E-state index in [0.29, 0.717) is 26.0 Å².